The summed E-state index contributed by atoms with van der Waals surface area (Å²) in [4.78, 5) is 35.4. The second-order valence-electron chi connectivity index (χ2n) is 8.63. The molecule has 0 aliphatic carbocycles. The van der Waals surface area contributed by atoms with E-state index in [4.69, 9.17) is 30.2 Å². The predicted octanol–water partition coefficient (Wildman–Crippen LogP) is 4.00. The number of cyclic esters (lactones) is 1. The molecule has 2 atom stereocenters. The molecule has 36 heavy (non-hydrogen) atoms. The Morgan fingerprint density at radius 1 is 1.31 bits per heavy atom. The zero-order valence-electron chi connectivity index (χ0n) is 19.8. The molecule has 2 aromatic heterocycles. The van der Waals surface area contributed by atoms with Gasteiger partial charge in [-0.25, -0.2) is 14.8 Å². The number of ether oxygens (including phenoxy) is 3. The number of rotatable bonds is 7. The number of piperidine rings is 1. The molecule has 11 heteroatoms. The molecular formula is C25H25ClN4O6. The smallest absolute Gasteiger partial charge is 0.410 e. The summed E-state index contributed by atoms with van der Waals surface area (Å²) in [5.74, 6) is 0.989. The maximum Gasteiger partial charge on any atom is 0.410 e. The van der Waals surface area contributed by atoms with Gasteiger partial charge in [-0.05, 0) is 17.7 Å². The fourth-order valence-corrected chi connectivity index (χ4v) is 4.49. The van der Waals surface area contributed by atoms with E-state index in [1.54, 1.807) is 36.2 Å². The van der Waals surface area contributed by atoms with E-state index in [1.807, 2.05) is 12.1 Å². The van der Waals surface area contributed by atoms with E-state index in [1.165, 1.54) is 7.11 Å². The lowest BCUT2D eigenvalue weighted by Crippen LogP contribution is -2.44. The highest BCUT2D eigenvalue weighted by Crippen LogP contribution is 2.36. The fraction of sp³-hybridized carbons (Fsp3) is 0.360. The molecular weight excluding hydrogens is 488 g/mol. The first kappa shape index (κ1) is 23.9. The standard InChI is InChI=1S/C25H25ClN4O6/c1-14-27-12-21(35-14)22-20(36-18-7-8-30-17(9-18)13-34-25(30)32)10-19(24(29-22)33-2)23(31)28-11-15-3-5-16(26)6-4-15/h3-6,10,12,17-18H,7-9,11,13H2,1-2H3,(H,28,31)/t17-,18-/m0/s1. The molecule has 0 saturated carbocycles. The minimum atomic E-state index is -0.371. The quantitative estimate of drug-likeness (QED) is 0.505. The zero-order chi connectivity index (χ0) is 25.2. The summed E-state index contributed by atoms with van der Waals surface area (Å²) in [6, 6.07) is 8.77. The average molecular weight is 513 g/mol. The lowest BCUT2D eigenvalue weighted by molar-refractivity contribution is 0.0912. The SMILES string of the molecule is COc1nc(-c2cnc(C)o2)c(O[C@H]2CCN3C(=O)OC[C@@H]3C2)cc1C(=O)NCc1ccc(Cl)cc1. The number of halogens is 1. The third kappa shape index (κ3) is 4.94. The van der Waals surface area contributed by atoms with E-state index in [-0.39, 0.29) is 35.6 Å². The molecule has 10 nitrogen and oxygen atoms in total. The number of methoxy groups -OCH3 is 1. The van der Waals surface area contributed by atoms with Crippen LogP contribution in [0.1, 0.15) is 34.7 Å². The number of carbonyl (C=O) groups is 2. The van der Waals surface area contributed by atoms with Gasteiger partial charge in [0, 0.05) is 43.9 Å². The van der Waals surface area contributed by atoms with Crippen LogP contribution in [0.5, 0.6) is 11.6 Å². The Labute approximate surface area is 212 Å². The number of pyridine rings is 1. The topological polar surface area (TPSA) is 116 Å². The van der Waals surface area contributed by atoms with Crippen molar-refractivity contribution in [1.29, 1.82) is 0 Å². The van der Waals surface area contributed by atoms with Crippen LogP contribution in [0, 0.1) is 6.92 Å². The Kier molecular flexibility index (Phi) is 6.69. The number of carbonyl (C=O) groups excluding carboxylic acids is 2. The third-order valence-corrected chi connectivity index (χ3v) is 6.46. The maximum absolute atomic E-state index is 13.1. The highest BCUT2D eigenvalue weighted by atomic mass is 35.5. The molecule has 1 N–H and O–H groups in total. The number of oxazole rings is 1. The first-order chi connectivity index (χ1) is 17.4. The molecule has 2 fully saturated rings. The van der Waals surface area contributed by atoms with Gasteiger partial charge in [-0.2, -0.15) is 0 Å². The number of amides is 2. The Morgan fingerprint density at radius 3 is 2.83 bits per heavy atom. The largest absolute Gasteiger partial charge is 0.488 e. The van der Waals surface area contributed by atoms with E-state index < -0.39 is 0 Å². The Bertz CT molecular complexity index is 1280. The number of hydrogen-bond donors (Lipinski definition) is 1. The van der Waals surface area contributed by atoms with E-state index in [0.29, 0.717) is 60.7 Å². The number of hydrogen-bond acceptors (Lipinski definition) is 8. The second-order valence-corrected chi connectivity index (χ2v) is 9.07. The van der Waals surface area contributed by atoms with Gasteiger partial charge in [0.25, 0.3) is 5.91 Å². The molecule has 0 unspecified atom stereocenters. The van der Waals surface area contributed by atoms with Crippen LogP contribution in [-0.2, 0) is 11.3 Å². The van der Waals surface area contributed by atoms with Crippen LogP contribution >= 0.6 is 11.6 Å². The molecule has 0 radical (unpaired) electrons. The predicted molar refractivity (Wildman–Crippen MR) is 129 cm³/mol. The van der Waals surface area contributed by atoms with Crippen molar-refractivity contribution in [3.63, 3.8) is 0 Å². The van der Waals surface area contributed by atoms with Crippen LogP contribution in [0.4, 0.5) is 4.79 Å². The van der Waals surface area contributed by atoms with Gasteiger partial charge < -0.3 is 28.8 Å². The van der Waals surface area contributed by atoms with Gasteiger partial charge in [0.05, 0.1) is 19.3 Å². The molecule has 2 amide bonds. The van der Waals surface area contributed by atoms with E-state index in [2.05, 4.69) is 15.3 Å². The van der Waals surface area contributed by atoms with Gasteiger partial charge in [0.15, 0.2) is 17.3 Å². The molecule has 0 bridgehead atoms. The number of benzene rings is 1. The van der Waals surface area contributed by atoms with Crippen molar-refractivity contribution >= 4 is 23.6 Å². The van der Waals surface area contributed by atoms with E-state index in [0.717, 1.165) is 5.56 Å². The van der Waals surface area contributed by atoms with Crippen molar-refractivity contribution in [2.24, 2.45) is 0 Å². The molecule has 2 saturated heterocycles. The van der Waals surface area contributed by atoms with Crippen LogP contribution in [0.15, 0.2) is 40.9 Å². The van der Waals surface area contributed by atoms with Crippen molar-refractivity contribution in [3.05, 3.63) is 58.6 Å². The number of fused-ring (bicyclic) bond motifs is 1. The van der Waals surface area contributed by atoms with Crippen LogP contribution in [0.2, 0.25) is 5.02 Å². The first-order valence-electron chi connectivity index (χ1n) is 11.6. The minimum absolute atomic E-state index is 0.0411. The molecule has 4 heterocycles. The van der Waals surface area contributed by atoms with Crippen molar-refractivity contribution < 1.29 is 28.2 Å². The highest BCUT2D eigenvalue weighted by molar-refractivity contribution is 6.30. The summed E-state index contributed by atoms with van der Waals surface area (Å²) in [5.41, 5.74) is 1.49. The maximum atomic E-state index is 13.1. The summed E-state index contributed by atoms with van der Waals surface area (Å²) in [6.07, 6.45) is 2.27. The molecule has 2 aliphatic heterocycles. The normalized spacial score (nSPS) is 19.0. The Morgan fingerprint density at radius 2 is 2.11 bits per heavy atom. The summed E-state index contributed by atoms with van der Waals surface area (Å²) >= 11 is 5.95. The number of nitrogens with zero attached hydrogens (tertiary/aromatic N) is 3. The van der Waals surface area contributed by atoms with Gasteiger partial charge in [0.2, 0.25) is 5.88 Å². The highest BCUT2D eigenvalue weighted by Gasteiger charge is 2.39. The summed E-state index contributed by atoms with van der Waals surface area (Å²) in [5, 5.41) is 3.51. The Hall–Kier alpha value is -3.79. The average Bonchev–Trinajstić information content (AvgIpc) is 3.48. The molecule has 188 valence electrons. The number of aryl methyl sites for hydroxylation is 1. The fourth-order valence-electron chi connectivity index (χ4n) is 4.36. The number of aromatic nitrogens is 2. The molecule has 1 aromatic carbocycles. The lowest BCUT2D eigenvalue weighted by Gasteiger charge is -2.32. The summed E-state index contributed by atoms with van der Waals surface area (Å²) in [6.45, 7) is 2.90. The monoisotopic (exact) mass is 512 g/mol. The summed E-state index contributed by atoms with van der Waals surface area (Å²) in [7, 11) is 1.45. The van der Waals surface area contributed by atoms with Crippen LogP contribution in [-0.4, -0.2) is 59.3 Å². The van der Waals surface area contributed by atoms with Gasteiger partial charge in [0.1, 0.15) is 24.0 Å². The van der Waals surface area contributed by atoms with Crippen LogP contribution in [0.3, 0.4) is 0 Å². The van der Waals surface area contributed by atoms with Crippen LogP contribution < -0.4 is 14.8 Å². The Balaban J connectivity index is 1.42. The van der Waals surface area contributed by atoms with Crippen molar-refractivity contribution in [2.75, 3.05) is 20.3 Å². The third-order valence-electron chi connectivity index (χ3n) is 6.21. The molecule has 5 rings (SSSR count). The minimum Gasteiger partial charge on any atom is -0.488 e. The first-order valence-corrected chi connectivity index (χ1v) is 11.9. The van der Waals surface area contributed by atoms with Gasteiger partial charge in [-0.3, -0.25) is 4.79 Å². The van der Waals surface area contributed by atoms with Crippen molar-refractivity contribution in [3.8, 4) is 23.1 Å². The van der Waals surface area contributed by atoms with Gasteiger partial charge in [-0.15, -0.1) is 0 Å². The molecule has 3 aromatic rings. The summed E-state index contributed by atoms with van der Waals surface area (Å²) < 4.78 is 22.7. The van der Waals surface area contributed by atoms with Crippen molar-refractivity contribution in [1.82, 2.24) is 20.2 Å². The molecule has 0 spiro atoms. The van der Waals surface area contributed by atoms with Crippen molar-refractivity contribution in [2.45, 2.75) is 38.5 Å². The second kappa shape index (κ2) is 10.1. The van der Waals surface area contributed by atoms with Gasteiger partial charge >= 0.3 is 6.09 Å². The van der Waals surface area contributed by atoms with E-state index in [9.17, 15) is 9.59 Å². The zero-order valence-corrected chi connectivity index (χ0v) is 20.6. The van der Waals surface area contributed by atoms with Crippen LogP contribution in [0.25, 0.3) is 11.5 Å². The number of nitrogens with one attached hydrogen (secondary N) is 1. The van der Waals surface area contributed by atoms with Gasteiger partial charge in [-0.1, -0.05) is 23.7 Å². The molecule has 2 aliphatic rings. The lowest BCUT2D eigenvalue weighted by atomic mass is 10.0. The van der Waals surface area contributed by atoms with E-state index >= 15 is 0 Å².